The lowest BCUT2D eigenvalue weighted by atomic mass is 9.93. The molecule has 0 aliphatic heterocycles. The first-order chi connectivity index (χ1) is 11.1. The molecule has 0 aromatic carbocycles. The molecule has 2 aromatic rings. The highest BCUT2D eigenvalue weighted by atomic mass is 16.2. The van der Waals surface area contributed by atoms with Gasteiger partial charge in [-0.15, -0.1) is 0 Å². The van der Waals surface area contributed by atoms with E-state index in [0.717, 1.165) is 19.4 Å². The van der Waals surface area contributed by atoms with Gasteiger partial charge in [-0.3, -0.25) is 14.4 Å². The summed E-state index contributed by atoms with van der Waals surface area (Å²) in [7, 11) is 0. The smallest absolute Gasteiger partial charge is 0.261 e. The maximum atomic E-state index is 12.2. The van der Waals surface area contributed by atoms with E-state index in [0.29, 0.717) is 30.6 Å². The Hall–Kier alpha value is -2.70. The fourth-order valence-corrected chi connectivity index (χ4v) is 2.72. The summed E-state index contributed by atoms with van der Waals surface area (Å²) >= 11 is 0. The van der Waals surface area contributed by atoms with Gasteiger partial charge in [0.15, 0.2) is 5.78 Å². The van der Waals surface area contributed by atoms with Crippen LogP contribution in [0.25, 0.3) is 0 Å². The van der Waals surface area contributed by atoms with Crippen molar-refractivity contribution < 1.29 is 9.59 Å². The third-order valence-corrected chi connectivity index (χ3v) is 3.94. The number of ketones is 1. The lowest BCUT2D eigenvalue weighted by molar-refractivity contribution is 0.0951. The van der Waals surface area contributed by atoms with Crippen LogP contribution in [0.1, 0.15) is 45.7 Å². The molecule has 23 heavy (non-hydrogen) atoms. The number of amides is 1. The van der Waals surface area contributed by atoms with Crippen molar-refractivity contribution in [3.63, 3.8) is 0 Å². The average Bonchev–Trinajstić information content (AvgIpc) is 3.04. The number of nitrogens with one attached hydrogen (secondary N) is 2. The van der Waals surface area contributed by atoms with Crippen LogP contribution in [-0.4, -0.2) is 32.8 Å². The zero-order valence-corrected chi connectivity index (χ0v) is 12.7. The number of fused-ring (bicyclic) bond motifs is 1. The Kier molecular flexibility index (Phi) is 4.36. The third kappa shape index (κ3) is 3.39. The van der Waals surface area contributed by atoms with Gasteiger partial charge < -0.3 is 14.9 Å². The van der Waals surface area contributed by atoms with Gasteiger partial charge in [-0.05, 0) is 25.3 Å². The molecule has 0 saturated heterocycles. The molecule has 0 bridgehead atoms. The Balaban J connectivity index is 1.64. The highest BCUT2D eigenvalue weighted by Crippen LogP contribution is 2.18. The summed E-state index contributed by atoms with van der Waals surface area (Å²) in [6.45, 7) is 1.18. The second-order valence-corrected chi connectivity index (χ2v) is 5.59. The molecule has 120 valence electrons. The van der Waals surface area contributed by atoms with Gasteiger partial charge in [0.05, 0.1) is 6.33 Å². The Labute approximate surface area is 132 Å². The highest BCUT2D eigenvalue weighted by molar-refractivity contribution is 6.01. The summed E-state index contributed by atoms with van der Waals surface area (Å²) in [5.41, 5.74) is 0.675. The number of Topliss-reactive ketones (excluding diaryl/α,β-unsaturated/α-hetero) is 1. The number of aromatic nitrogens is 3. The number of carbonyl (C=O) groups excluding carboxylic acids is 2. The summed E-state index contributed by atoms with van der Waals surface area (Å²) in [4.78, 5) is 42.7. The molecule has 0 radical (unpaired) electrons. The van der Waals surface area contributed by atoms with Crippen molar-refractivity contribution in [3.8, 4) is 0 Å². The normalized spacial score (nSPS) is 13.7. The molecule has 0 saturated carbocycles. The fourth-order valence-electron chi connectivity index (χ4n) is 2.72. The molecule has 1 aliphatic carbocycles. The minimum absolute atomic E-state index is 0.00151. The van der Waals surface area contributed by atoms with E-state index in [1.165, 1.54) is 6.07 Å². The van der Waals surface area contributed by atoms with Crippen molar-refractivity contribution in [3.05, 3.63) is 52.0 Å². The fraction of sp³-hybridized carbons (Fsp3) is 0.375. The van der Waals surface area contributed by atoms with Crippen molar-refractivity contribution in [2.45, 2.75) is 32.2 Å². The van der Waals surface area contributed by atoms with E-state index in [2.05, 4.69) is 15.3 Å². The first kappa shape index (κ1) is 15.2. The maximum Gasteiger partial charge on any atom is 0.261 e. The molecule has 7 nitrogen and oxygen atoms in total. The van der Waals surface area contributed by atoms with Gasteiger partial charge in [0.1, 0.15) is 5.56 Å². The zero-order valence-electron chi connectivity index (χ0n) is 12.7. The molecule has 2 N–H and O–H groups in total. The molecule has 0 fully saturated rings. The first-order valence-electron chi connectivity index (χ1n) is 7.68. The van der Waals surface area contributed by atoms with Crippen LogP contribution in [0.3, 0.4) is 0 Å². The third-order valence-electron chi connectivity index (χ3n) is 3.94. The van der Waals surface area contributed by atoms with Gasteiger partial charge in [-0.2, -0.15) is 0 Å². The summed E-state index contributed by atoms with van der Waals surface area (Å²) in [6, 6.07) is 1.43. The second kappa shape index (κ2) is 6.60. The SMILES string of the molecule is O=C1CCCc2[nH]c(=O)c(C(=O)NCCCn3ccnc3)cc21. The van der Waals surface area contributed by atoms with E-state index in [-0.39, 0.29) is 11.3 Å². The highest BCUT2D eigenvalue weighted by Gasteiger charge is 2.21. The molecule has 7 heteroatoms. The average molecular weight is 314 g/mol. The van der Waals surface area contributed by atoms with Gasteiger partial charge >= 0.3 is 0 Å². The number of carbonyl (C=O) groups is 2. The number of hydrogen-bond acceptors (Lipinski definition) is 4. The molecule has 2 heterocycles. The summed E-state index contributed by atoms with van der Waals surface area (Å²) in [6.07, 6.45) is 7.85. The van der Waals surface area contributed by atoms with Gasteiger partial charge in [0.2, 0.25) is 0 Å². The summed E-state index contributed by atoms with van der Waals surface area (Å²) in [5, 5.41) is 2.72. The Morgan fingerprint density at radius 3 is 3.00 bits per heavy atom. The molecular formula is C16H18N4O3. The van der Waals surface area contributed by atoms with Gasteiger partial charge in [0.25, 0.3) is 11.5 Å². The van der Waals surface area contributed by atoms with Crippen LogP contribution in [0, 0.1) is 0 Å². The van der Waals surface area contributed by atoms with Gasteiger partial charge in [0, 0.05) is 43.2 Å². The molecule has 3 rings (SSSR count). The van der Waals surface area contributed by atoms with E-state index in [4.69, 9.17) is 0 Å². The largest absolute Gasteiger partial charge is 0.352 e. The molecular weight excluding hydrogens is 296 g/mol. The number of pyridine rings is 1. The van der Waals surface area contributed by atoms with Crippen LogP contribution < -0.4 is 10.9 Å². The number of H-pyrrole nitrogens is 1. The number of aromatic amines is 1. The van der Waals surface area contributed by atoms with E-state index >= 15 is 0 Å². The predicted octanol–water partition coefficient (Wildman–Crippen LogP) is 0.910. The number of nitrogens with zero attached hydrogens (tertiary/aromatic N) is 2. The molecule has 2 aromatic heterocycles. The van der Waals surface area contributed by atoms with Gasteiger partial charge in [-0.1, -0.05) is 0 Å². The molecule has 0 atom stereocenters. The lowest BCUT2D eigenvalue weighted by Crippen LogP contribution is -2.32. The minimum atomic E-state index is -0.446. The number of imidazole rings is 1. The van der Waals surface area contributed by atoms with E-state index in [1.54, 1.807) is 12.5 Å². The van der Waals surface area contributed by atoms with E-state index in [1.807, 2.05) is 10.8 Å². The molecule has 1 aliphatic rings. The van der Waals surface area contributed by atoms with E-state index in [9.17, 15) is 14.4 Å². The maximum absolute atomic E-state index is 12.2. The van der Waals surface area contributed by atoms with Crippen LogP contribution in [0.15, 0.2) is 29.6 Å². The molecule has 0 spiro atoms. The molecule has 1 amide bonds. The summed E-state index contributed by atoms with van der Waals surface area (Å²) in [5.74, 6) is -0.463. The minimum Gasteiger partial charge on any atom is -0.352 e. The Morgan fingerprint density at radius 1 is 1.35 bits per heavy atom. The number of rotatable bonds is 5. The quantitative estimate of drug-likeness (QED) is 0.802. The number of aryl methyl sites for hydroxylation is 2. The van der Waals surface area contributed by atoms with Crippen molar-refractivity contribution in [1.29, 1.82) is 0 Å². The van der Waals surface area contributed by atoms with Crippen LogP contribution in [0.2, 0.25) is 0 Å². The van der Waals surface area contributed by atoms with E-state index < -0.39 is 11.5 Å². The van der Waals surface area contributed by atoms with Crippen LogP contribution in [-0.2, 0) is 13.0 Å². The second-order valence-electron chi connectivity index (χ2n) is 5.59. The van der Waals surface area contributed by atoms with Crippen molar-refractivity contribution in [2.75, 3.05) is 6.54 Å². The topological polar surface area (TPSA) is 96.9 Å². The lowest BCUT2D eigenvalue weighted by Gasteiger charge is -2.15. The Morgan fingerprint density at radius 2 is 2.22 bits per heavy atom. The van der Waals surface area contributed by atoms with Crippen molar-refractivity contribution >= 4 is 11.7 Å². The summed E-state index contributed by atoms with van der Waals surface area (Å²) < 4.78 is 1.91. The Bertz CT molecular complexity index is 777. The predicted molar refractivity (Wildman–Crippen MR) is 83.5 cm³/mol. The van der Waals surface area contributed by atoms with Crippen LogP contribution in [0.4, 0.5) is 0 Å². The first-order valence-corrected chi connectivity index (χ1v) is 7.68. The van der Waals surface area contributed by atoms with Crippen LogP contribution in [0.5, 0.6) is 0 Å². The standard InChI is InChI=1S/C16H18N4O3/c21-14-4-1-3-13-11(14)9-12(16(23)19-13)15(22)18-5-2-7-20-8-6-17-10-20/h6,8-10H,1-5,7H2,(H,18,22)(H,19,23). The molecule has 0 unspecified atom stereocenters. The van der Waals surface area contributed by atoms with Gasteiger partial charge in [-0.25, -0.2) is 4.98 Å². The van der Waals surface area contributed by atoms with Crippen molar-refractivity contribution in [1.82, 2.24) is 19.9 Å². The zero-order chi connectivity index (χ0) is 16.2. The van der Waals surface area contributed by atoms with Crippen molar-refractivity contribution in [2.24, 2.45) is 0 Å². The number of hydrogen-bond donors (Lipinski definition) is 2. The van der Waals surface area contributed by atoms with Crippen LogP contribution >= 0.6 is 0 Å². The monoisotopic (exact) mass is 314 g/mol.